The van der Waals surface area contributed by atoms with Gasteiger partial charge in [-0.15, -0.1) is 11.3 Å². The maximum Gasteiger partial charge on any atom is 0.311 e. The Morgan fingerprint density at radius 2 is 2.00 bits per heavy atom. The zero-order valence-electron chi connectivity index (χ0n) is 18.0. The summed E-state index contributed by atoms with van der Waals surface area (Å²) >= 11 is 1.58. The molecule has 2 heterocycles. The quantitative estimate of drug-likeness (QED) is 0.418. The average molecular weight is 428 g/mol. The first-order chi connectivity index (χ1) is 14.4. The van der Waals surface area contributed by atoms with Crippen molar-refractivity contribution in [3.8, 4) is 27.7 Å². The van der Waals surface area contributed by atoms with Gasteiger partial charge in [0.05, 0.1) is 42.0 Å². The van der Waals surface area contributed by atoms with E-state index in [0.29, 0.717) is 6.61 Å². The van der Waals surface area contributed by atoms with Gasteiger partial charge in [0.2, 0.25) is 0 Å². The fraction of sp³-hybridized carbons (Fsp3) is 0.435. The standard InChI is InChI=1S/C23H29N3O3S/c1-5-17(11-12-23(3,4)22(27)28-6-2)29-18-9-7-16(8-10-18)20-14-30-21(26-20)19-13-24-15-25-19/h7-10,13-15,17H,5-6,11-12H2,1-4H3,(H,24,25). The molecule has 0 aliphatic heterocycles. The molecule has 0 amide bonds. The van der Waals surface area contributed by atoms with Crippen molar-refractivity contribution in [1.29, 1.82) is 0 Å². The van der Waals surface area contributed by atoms with Crippen molar-refractivity contribution >= 4 is 17.3 Å². The molecule has 1 N–H and O–H groups in total. The van der Waals surface area contributed by atoms with Gasteiger partial charge in [-0.25, -0.2) is 9.97 Å². The number of H-pyrrole nitrogens is 1. The van der Waals surface area contributed by atoms with Crippen molar-refractivity contribution in [1.82, 2.24) is 15.0 Å². The Morgan fingerprint density at radius 3 is 2.63 bits per heavy atom. The second-order valence-corrected chi connectivity index (χ2v) is 8.68. The summed E-state index contributed by atoms with van der Waals surface area (Å²) in [5.74, 6) is 0.672. The van der Waals surface area contributed by atoms with E-state index in [2.05, 4.69) is 21.9 Å². The highest BCUT2D eigenvalue weighted by Gasteiger charge is 2.30. The minimum Gasteiger partial charge on any atom is -0.490 e. The number of carbonyl (C=O) groups is 1. The minimum absolute atomic E-state index is 0.0517. The van der Waals surface area contributed by atoms with Crippen LogP contribution in [0.15, 0.2) is 42.2 Å². The predicted molar refractivity (Wildman–Crippen MR) is 119 cm³/mol. The van der Waals surface area contributed by atoms with Crippen LogP contribution in [0.1, 0.15) is 47.0 Å². The van der Waals surface area contributed by atoms with Crippen LogP contribution in [0, 0.1) is 5.41 Å². The van der Waals surface area contributed by atoms with Crippen LogP contribution in [0.5, 0.6) is 5.75 Å². The number of hydrogen-bond acceptors (Lipinski definition) is 6. The lowest BCUT2D eigenvalue weighted by atomic mass is 9.86. The highest BCUT2D eigenvalue weighted by atomic mass is 32.1. The molecular formula is C23H29N3O3S. The lowest BCUT2D eigenvalue weighted by Gasteiger charge is -2.25. The van der Waals surface area contributed by atoms with Crippen LogP contribution < -0.4 is 4.74 Å². The first-order valence-corrected chi connectivity index (χ1v) is 11.2. The summed E-state index contributed by atoms with van der Waals surface area (Å²) in [4.78, 5) is 23.9. The smallest absolute Gasteiger partial charge is 0.311 e. The number of benzene rings is 1. The zero-order chi connectivity index (χ0) is 21.6. The van der Waals surface area contributed by atoms with Crippen molar-refractivity contribution in [2.24, 2.45) is 5.41 Å². The molecule has 0 aliphatic carbocycles. The van der Waals surface area contributed by atoms with Crippen LogP contribution in [-0.4, -0.2) is 33.6 Å². The number of rotatable bonds is 10. The largest absolute Gasteiger partial charge is 0.490 e. The fourth-order valence-corrected chi connectivity index (χ4v) is 3.90. The van der Waals surface area contributed by atoms with Gasteiger partial charge in [-0.2, -0.15) is 0 Å². The summed E-state index contributed by atoms with van der Waals surface area (Å²) in [6, 6.07) is 8.00. The molecule has 2 aromatic heterocycles. The van der Waals surface area contributed by atoms with Gasteiger partial charge >= 0.3 is 5.97 Å². The Morgan fingerprint density at radius 1 is 1.23 bits per heavy atom. The molecule has 1 aromatic carbocycles. The summed E-state index contributed by atoms with van der Waals surface area (Å²) in [6.07, 6.45) is 5.87. The molecule has 1 atom stereocenters. The number of carbonyl (C=O) groups excluding carboxylic acids is 1. The fourth-order valence-electron chi connectivity index (χ4n) is 3.10. The number of nitrogens with zero attached hydrogens (tertiary/aromatic N) is 2. The van der Waals surface area contributed by atoms with Crippen LogP contribution >= 0.6 is 11.3 Å². The molecule has 0 spiro atoms. The SMILES string of the molecule is CCOC(=O)C(C)(C)CCC(CC)Oc1ccc(-c2csc(-c3cnc[nH]3)n2)cc1. The van der Waals surface area contributed by atoms with Gasteiger partial charge in [0.1, 0.15) is 10.8 Å². The highest BCUT2D eigenvalue weighted by molar-refractivity contribution is 7.13. The number of aromatic amines is 1. The van der Waals surface area contributed by atoms with E-state index in [1.54, 1.807) is 23.9 Å². The van der Waals surface area contributed by atoms with Crippen molar-refractivity contribution in [2.45, 2.75) is 53.1 Å². The third-order valence-electron chi connectivity index (χ3n) is 5.06. The lowest BCUT2D eigenvalue weighted by Crippen LogP contribution is -2.29. The van der Waals surface area contributed by atoms with Gasteiger partial charge in [0, 0.05) is 10.9 Å². The molecule has 0 saturated heterocycles. The van der Waals surface area contributed by atoms with E-state index < -0.39 is 5.41 Å². The number of aromatic nitrogens is 3. The first kappa shape index (κ1) is 22.0. The lowest BCUT2D eigenvalue weighted by molar-refractivity contribution is -0.154. The molecule has 0 bridgehead atoms. The molecule has 3 aromatic rings. The van der Waals surface area contributed by atoms with E-state index in [1.807, 2.05) is 50.4 Å². The van der Waals surface area contributed by atoms with Gasteiger partial charge in [0.15, 0.2) is 0 Å². The third kappa shape index (κ3) is 5.48. The van der Waals surface area contributed by atoms with E-state index in [-0.39, 0.29) is 12.1 Å². The van der Waals surface area contributed by atoms with E-state index in [0.717, 1.165) is 47.0 Å². The van der Waals surface area contributed by atoms with Crippen LogP contribution in [0.25, 0.3) is 22.0 Å². The normalized spacial score (nSPS) is 12.5. The number of ether oxygens (including phenoxy) is 2. The van der Waals surface area contributed by atoms with Crippen molar-refractivity contribution < 1.29 is 14.3 Å². The van der Waals surface area contributed by atoms with Crippen LogP contribution in [0.4, 0.5) is 0 Å². The molecule has 30 heavy (non-hydrogen) atoms. The van der Waals surface area contributed by atoms with Gasteiger partial charge in [-0.05, 0) is 64.3 Å². The second-order valence-electron chi connectivity index (χ2n) is 7.82. The Hall–Kier alpha value is -2.67. The van der Waals surface area contributed by atoms with Crippen molar-refractivity contribution in [3.63, 3.8) is 0 Å². The van der Waals surface area contributed by atoms with E-state index in [9.17, 15) is 4.79 Å². The number of hydrogen-bond donors (Lipinski definition) is 1. The Labute approximate surface area is 181 Å². The first-order valence-electron chi connectivity index (χ1n) is 10.3. The maximum atomic E-state index is 12.1. The van der Waals surface area contributed by atoms with Gasteiger partial charge in [0.25, 0.3) is 0 Å². The van der Waals surface area contributed by atoms with E-state index in [4.69, 9.17) is 9.47 Å². The number of imidazole rings is 1. The minimum atomic E-state index is -0.506. The number of thiazole rings is 1. The van der Waals surface area contributed by atoms with Crippen molar-refractivity contribution in [3.05, 3.63) is 42.2 Å². The zero-order valence-corrected chi connectivity index (χ0v) is 18.8. The molecule has 160 valence electrons. The molecule has 3 rings (SSSR count). The molecule has 0 aliphatic rings. The van der Waals surface area contributed by atoms with Gasteiger partial charge in [-0.3, -0.25) is 4.79 Å². The molecule has 0 fully saturated rings. The van der Waals surface area contributed by atoms with Crippen LogP contribution in [0.3, 0.4) is 0 Å². The molecule has 1 unspecified atom stereocenters. The molecule has 0 radical (unpaired) electrons. The summed E-state index contributed by atoms with van der Waals surface area (Å²) in [6.45, 7) is 8.20. The molecule has 6 nitrogen and oxygen atoms in total. The van der Waals surface area contributed by atoms with Crippen LogP contribution in [-0.2, 0) is 9.53 Å². The topological polar surface area (TPSA) is 77.1 Å². The molecule has 0 saturated carbocycles. The van der Waals surface area contributed by atoms with Crippen LogP contribution in [0.2, 0.25) is 0 Å². The summed E-state index contributed by atoms with van der Waals surface area (Å²) in [7, 11) is 0. The Kier molecular flexibility index (Phi) is 7.26. The van der Waals surface area contributed by atoms with Crippen molar-refractivity contribution in [2.75, 3.05) is 6.61 Å². The Balaban J connectivity index is 1.59. The molecule has 7 heteroatoms. The number of esters is 1. The van der Waals surface area contributed by atoms with E-state index in [1.165, 1.54) is 0 Å². The molecular weight excluding hydrogens is 398 g/mol. The summed E-state index contributed by atoms with van der Waals surface area (Å²) in [5.41, 5.74) is 2.39. The monoisotopic (exact) mass is 427 g/mol. The maximum absolute atomic E-state index is 12.1. The number of nitrogens with one attached hydrogen (secondary N) is 1. The second kappa shape index (κ2) is 9.89. The highest BCUT2D eigenvalue weighted by Crippen LogP contribution is 2.30. The van der Waals surface area contributed by atoms with E-state index >= 15 is 0 Å². The Bertz CT molecular complexity index is 933. The summed E-state index contributed by atoms with van der Waals surface area (Å²) in [5, 5.41) is 2.95. The van der Waals surface area contributed by atoms with Gasteiger partial charge in [-0.1, -0.05) is 6.92 Å². The van der Waals surface area contributed by atoms with Gasteiger partial charge < -0.3 is 14.5 Å². The summed E-state index contributed by atoms with van der Waals surface area (Å²) < 4.78 is 11.4. The predicted octanol–water partition coefficient (Wildman–Crippen LogP) is 5.73. The third-order valence-corrected chi connectivity index (χ3v) is 5.94. The average Bonchev–Trinajstić information content (AvgIpc) is 3.43.